The highest BCUT2D eigenvalue weighted by molar-refractivity contribution is 6.29. The van der Waals surface area contributed by atoms with Crippen molar-refractivity contribution in [2.75, 3.05) is 18.4 Å². The molecule has 0 saturated carbocycles. The molecule has 2 heterocycles. The van der Waals surface area contributed by atoms with E-state index in [1.54, 1.807) is 4.90 Å². The molecule has 1 amide bonds. The molecule has 1 aliphatic rings. The van der Waals surface area contributed by atoms with Crippen molar-refractivity contribution in [3.8, 4) is 0 Å². The highest BCUT2D eigenvalue weighted by Crippen LogP contribution is 2.23. The van der Waals surface area contributed by atoms with E-state index in [-0.39, 0.29) is 22.9 Å². The van der Waals surface area contributed by atoms with Gasteiger partial charge < -0.3 is 20.1 Å². The van der Waals surface area contributed by atoms with Crippen LogP contribution in [0.4, 0.5) is 10.5 Å². The van der Waals surface area contributed by atoms with E-state index in [1.807, 2.05) is 20.8 Å². The second kappa shape index (κ2) is 7.91. The van der Waals surface area contributed by atoms with Gasteiger partial charge in [-0.25, -0.2) is 14.6 Å². The third-order valence-electron chi connectivity index (χ3n) is 3.78. The van der Waals surface area contributed by atoms with Crippen LogP contribution in [0.1, 0.15) is 50.4 Å². The molecule has 0 radical (unpaired) electrons. The Hall–Kier alpha value is -2.02. The number of carboxylic acid groups (broad SMARTS) is 1. The Morgan fingerprint density at radius 1 is 1.40 bits per heavy atom. The molecule has 0 aromatic carbocycles. The number of halogens is 1. The fourth-order valence-electron chi connectivity index (χ4n) is 2.69. The van der Waals surface area contributed by atoms with Crippen molar-refractivity contribution in [2.24, 2.45) is 0 Å². The van der Waals surface area contributed by atoms with Crippen LogP contribution in [-0.4, -0.2) is 51.8 Å². The molecule has 1 aromatic rings. The summed E-state index contributed by atoms with van der Waals surface area (Å²) < 4.78 is 5.45. The lowest BCUT2D eigenvalue weighted by Crippen LogP contribution is -2.42. The number of hydrogen-bond acceptors (Lipinski definition) is 5. The van der Waals surface area contributed by atoms with E-state index in [2.05, 4.69) is 10.3 Å². The molecule has 1 fully saturated rings. The summed E-state index contributed by atoms with van der Waals surface area (Å²) in [7, 11) is 0. The van der Waals surface area contributed by atoms with Crippen LogP contribution in [0.5, 0.6) is 0 Å². The normalized spacial score (nSPS) is 18.4. The minimum atomic E-state index is -1.08. The molecule has 2 N–H and O–H groups in total. The second-order valence-corrected chi connectivity index (χ2v) is 7.51. The number of nitrogens with one attached hydrogen (secondary N) is 1. The molecule has 0 aliphatic carbocycles. The number of carbonyl (C=O) groups is 2. The lowest BCUT2D eigenvalue weighted by atomic mass is 10.1. The first-order chi connectivity index (χ1) is 11.7. The van der Waals surface area contributed by atoms with Gasteiger partial charge in [-0.1, -0.05) is 11.6 Å². The number of ether oxygens (including phenoxy) is 1. The summed E-state index contributed by atoms with van der Waals surface area (Å²) in [4.78, 5) is 29.2. The highest BCUT2D eigenvalue weighted by atomic mass is 35.5. The predicted molar refractivity (Wildman–Crippen MR) is 95.3 cm³/mol. The summed E-state index contributed by atoms with van der Waals surface area (Å²) in [5.74, 6) is -1.08. The highest BCUT2D eigenvalue weighted by Gasteiger charge is 2.27. The SMILES string of the molecule is CC(C)(C)OC(=O)N1CCCC[C@@H](Nc2cc(Cl)ncc2C(=O)O)C1. The Labute approximate surface area is 152 Å². The van der Waals surface area contributed by atoms with Crippen molar-refractivity contribution in [1.29, 1.82) is 0 Å². The van der Waals surface area contributed by atoms with Gasteiger partial charge in [0, 0.05) is 25.3 Å². The number of aromatic nitrogens is 1. The minimum Gasteiger partial charge on any atom is -0.478 e. The quantitative estimate of drug-likeness (QED) is 0.790. The molecule has 25 heavy (non-hydrogen) atoms. The average molecular weight is 370 g/mol. The third-order valence-corrected chi connectivity index (χ3v) is 3.99. The number of rotatable bonds is 3. The van der Waals surface area contributed by atoms with Crippen molar-refractivity contribution in [1.82, 2.24) is 9.88 Å². The number of carbonyl (C=O) groups excluding carboxylic acids is 1. The number of amides is 1. The minimum absolute atomic E-state index is 0.0532. The number of likely N-dealkylation sites (tertiary alicyclic amines) is 1. The Morgan fingerprint density at radius 2 is 2.12 bits per heavy atom. The van der Waals surface area contributed by atoms with Gasteiger partial charge in [0.05, 0.1) is 5.69 Å². The number of carboxylic acids is 1. The lowest BCUT2D eigenvalue weighted by Gasteiger charge is -2.29. The van der Waals surface area contributed by atoms with Gasteiger partial charge in [0.1, 0.15) is 16.3 Å². The number of pyridine rings is 1. The van der Waals surface area contributed by atoms with Gasteiger partial charge in [-0.3, -0.25) is 0 Å². The largest absolute Gasteiger partial charge is 0.478 e. The fraction of sp³-hybridized carbons (Fsp3) is 0.588. The summed E-state index contributed by atoms with van der Waals surface area (Å²) in [6, 6.07) is 1.40. The van der Waals surface area contributed by atoms with Crippen molar-refractivity contribution in [3.05, 3.63) is 23.0 Å². The van der Waals surface area contributed by atoms with Crippen LogP contribution < -0.4 is 5.32 Å². The molecule has 1 aliphatic heterocycles. The standard InChI is InChI=1S/C17H24ClN3O4/c1-17(2,3)25-16(24)21-7-5-4-6-11(10-21)20-13-8-14(18)19-9-12(13)15(22)23/h8-9,11H,4-7,10H2,1-3H3,(H,19,20)(H,22,23)/t11-/m1/s1. The van der Waals surface area contributed by atoms with E-state index in [0.717, 1.165) is 19.3 Å². The first-order valence-corrected chi connectivity index (χ1v) is 8.67. The maximum atomic E-state index is 12.3. The van der Waals surface area contributed by atoms with Gasteiger partial charge in [-0.2, -0.15) is 0 Å². The first kappa shape index (κ1) is 19.3. The Balaban J connectivity index is 2.13. The maximum absolute atomic E-state index is 12.3. The van der Waals surface area contributed by atoms with Crippen LogP contribution >= 0.6 is 11.6 Å². The average Bonchev–Trinajstić information content (AvgIpc) is 2.71. The zero-order valence-electron chi connectivity index (χ0n) is 14.7. The van der Waals surface area contributed by atoms with Crippen LogP contribution in [0.25, 0.3) is 0 Å². The van der Waals surface area contributed by atoms with E-state index in [9.17, 15) is 14.7 Å². The van der Waals surface area contributed by atoms with Crippen molar-refractivity contribution < 1.29 is 19.4 Å². The van der Waals surface area contributed by atoms with Gasteiger partial charge in [-0.15, -0.1) is 0 Å². The Bertz CT molecular complexity index is 645. The molecule has 138 valence electrons. The molecule has 0 bridgehead atoms. The molecule has 0 unspecified atom stereocenters. The smallest absolute Gasteiger partial charge is 0.410 e. The van der Waals surface area contributed by atoms with Crippen LogP contribution in [0.15, 0.2) is 12.3 Å². The van der Waals surface area contributed by atoms with Gasteiger partial charge in [-0.05, 0) is 46.1 Å². The number of hydrogen-bond donors (Lipinski definition) is 2. The van der Waals surface area contributed by atoms with E-state index >= 15 is 0 Å². The molecule has 1 atom stereocenters. The maximum Gasteiger partial charge on any atom is 0.410 e. The molecule has 2 rings (SSSR count). The molecule has 0 spiro atoms. The van der Waals surface area contributed by atoms with Gasteiger partial charge >= 0.3 is 12.1 Å². The molecule has 8 heteroatoms. The summed E-state index contributed by atoms with van der Waals surface area (Å²) in [6.45, 7) is 6.55. The lowest BCUT2D eigenvalue weighted by molar-refractivity contribution is 0.0252. The third kappa shape index (κ3) is 5.77. The van der Waals surface area contributed by atoms with Crippen molar-refractivity contribution in [3.63, 3.8) is 0 Å². The van der Waals surface area contributed by atoms with E-state index in [4.69, 9.17) is 16.3 Å². The summed E-state index contributed by atoms with van der Waals surface area (Å²) in [5.41, 5.74) is -0.0949. The van der Waals surface area contributed by atoms with Crippen LogP contribution in [0, 0.1) is 0 Å². The Morgan fingerprint density at radius 3 is 2.76 bits per heavy atom. The number of aromatic carboxylic acids is 1. The van der Waals surface area contributed by atoms with Gasteiger partial charge in [0.2, 0.25) is 0 Å². The predicted octanol–water partition coefficient (Wildman–Crippen LogP) is 3.63. The number of nitrogens with zero attached hydrogens (tertiary/aromatic N) is 2. The van der Waals surface area contributed by atoms with E-state index in [1.165, 1.54) is 12.3 Å². The summed E-state index contributed by atoms with van der Waals surface area (Å²) in [6.07, 6.45) is 3.50. The summed E-state index contributed by atoms with van der Waals surface area (Å²) >= 11 is 5.89. The monoisotopic (exact) mass is 369 g/mol. The van der Waals surface area contributed by atoms with Gasteiger partial charge in [0.25, 0.3) is 0 Å². The molecular weight excluding hydrogens is 346 g/mol. The second-order valence-electron chi connectivity index (χ2n) is 7.12. The molecule has 7 nitrogen and oxygen atoms in total. The zero-order chi connectivity index (χ0) is 18.6. The molecular formula is C17H24ClN3O4. The van der Waals surface area contributed by atoms with E-state index in [0.29, 0.717) is 18.8 Å². The first-order valence-electron chi connectivity index (χ1n) is 8.29. The van der Waals surface area contributed by atoms with Crippen molar-refractivity contribution >= 4 is 29.4 Å². The molecule has 1 saturated heterocycles. The topological polar surface area (TPSA) is 91.8 Å². The zero-order valence-corrected chi connectivity index (χ0v) is 15.5. The van der Waals surface area contributed by atoms with E-state index < -0.39 is 11.6 Å². The summed E-state index contributed by atoms with van der Waals surface area (Å²) in [5, 5.41) is 12.7. The Kier molecular flexibility index (Phi) is 6.11. The van der Waals surface area contributed by atoms with Crippen LogP contribution in [-0.2, 0) is 4.74 Å². The van der Waals surface area contributed by atoms with Crippen molar-refractivity contribution in [2.45, 2.75) is 51.7 Å². The van der Waals surface area contributed by atoms with Gasteiger partial charge in [0.15, 0.2) is 0 Å². The number of anilines is 1. The molecule has 1 aromatic heterocycles. The fourth-order valence-corrected chi connectivity index (χ4v) is 2.85. The van der Waals surface area contributed by atoms with Crippen LogP contribution in [0.3, 0.4) is 0 Å². The van der Waals surface area contributed by atoms with Crippen LogP contribution in [0.2, 0.25) is 5.15 Å².